The number of carbonyl (C=O) groups excluding carboxylic acids is 1. The molecule has 0 bridgehead atoms. The molecule has 0 aliphatic heterocycles. The van der Waals surface area contributed by atoms with Crippen molar-refractivity contribution in [3.63, 3.8) is 0 Å². The van der Waals surface area contributed by atoms with Gasteiger partial charge in [0.1, 0.15) is 0 Å². The van der Waals surface area contributed by atoms with Crippen LogP contribution in [0.5, 0.6) is 0 Å². The molecule has 10 aromatic carbocycles. The summed E-state index contributed by atoms with van der Waals surface area (Å²) in [5, 5.41) is 0. The number of benzene rings is 10. The molecular weight excluding hydrogens is 805 g/mol. The van der Waals surface area contributed by atoms with Gasteiger partial charge in [-0.2, -0.15) is 0 Å². The van der Waals surface area contributed by atoms with Crippen molar-refractivity contribution in [1.82, 2.24) is 0 Å². The number of hydrogen-bond donors (Lipinski definition) is 0. The minimum Gasteiger partial charge on any atom is -0.310 e. The summed E-state index contributed by atoms with van der Waals surface area (Å²) < 4.78 is 0. The van der Waals surface area contributed by atoms with Crippen LogP contribution in [0.15, 0.2) is 279 Å². The first kappa shape index (κ1) is 41.1. The lowest BCUT2D eigenvalue weighted by Crippen LogP contribution is -2.16. The molecule has 5 nitrogen and oxygen atoms in total. The summed E-state index contributed by atoms with van der Waals surface area (Å²) in [4.78, 5) is 24.8. The van der Waals surface area contributed by atoms with Gasteiger partial charge in [-0.25, -0.2) is 0 Å². The zero-order valence-corrected chi connectivity index (χ0v) is 36.3. The summed E-state index contributed by atoms with van der Waals surface area (Å²) in [6.45, 7) is 0. The van der Waals surface area contributed by atoms with Crippen LogP contribution in [0.3, 0.4) is 0 Å². The molecule has 0 atom stereocenters. The second-order valence-electron chi connectivity index (χ2n) is 15.8. The van der Waals surface area contributed by atoms with E-state index in [4.69, 9.17) is 0 Å². The average molecular weight is 851 g/mol. The van der Waals surface area contributed by atoms with Crippen molar-refractivity contribution >= 4 is 74.0 Å². The summed E-state index contributed by atoms with van der Waals surface area (Å²) in [6.07, 6.45) is 0. The van der Waals surface area contributed by atoms with Gasteiger partial charge in [0.05, 0.1) is 0 Å². The monoisotopic (exact) mass is 850 g/mol. The Morgan fingerprint density at radius 3 is 0.500 bits per heavy atom. The van der Waals surface area contributed by atoms with E-state index in [0.29, 0.717) is 11.1 Å². The molecule has 0 amide bonds. The van der Waals surface area contributed by atoms with Crippen LogP contribution in [-0.4, -0.2) is 5.78 Å². The normalized spacial score (nSPS) is 10.8. The van der Waals surface area contributed by atoms with Crippen LogP contribution in [-0.2, 0) is 0 Å². The summed E-state index contributed by atoms with van der Waals surface area (Å²) in [5.41, 5.74) is 12.2. The summed E-state index contributed by atoms with van der Waals surface area (Å²) >= 11 is 0. The third-order valence-corrected chi connectivity index (χ3v) is 11.5. The van der Waals surface area contributed by atoms with E-state index in [0.717, 1.165) is 68.2 Å². The Hall–Kier alpha value is -8.93. The van der Waals surface area contributed by atoms with Crippen LogP contribution in [0.2, 0.25) is 0 Å². The second kappa shape index (κ2) is 19.2. The van der Waals surface area contributed by atoms with Gasteiger partial charge in [0.15, 0.2) is 5.78 Å². The fraction of sp³-hybridized carbons (Fsp3) is 0. The molecule has 0 heterocycles. The Labute approximate surface area is 387 Å². The average Bonchev–Trinajstić information content (AvgIpc) is 3.39. The van der Waals surface area contributed by atoms with Crippen molar-refractivity contribution in [1.29, 1.82) is 0 Å². The van der Waals surface area contributed by atoms with Crippen LogP contribution in [0.25, 0.3) is 0 Å². The maximum Gasteiger partial charge on any atom is 0.193 e. The van der Waals surface area contributed by atoms with Gasteiger partial charge in [-0.15, -0.1) is 0 Å². The van der Waals surface area contributed by atoms with Gasteiger partial charge < -0.3 is 19.6 Å². The molecule has 10 rings (SSSR count). The van der Waals surface area contributed by atoms with Crippen LogP contribution >= 0.6 is 0 Å². The van der Waals surface area contributed by atoms with E-state index in [9.17, 15) is 0 Å². The summed E-state index contributed by atoms with van der Waals surface area (Å²) in [6, 6.07) is 95.1. The van der Waals surface area contributed by atoms with E-state index in [-0.39, 0.29) is 5.78 Å². The van der Waals surface area contributed by atoms with Crippen molar-refractivity contribution in [2.75, 3.05) is 19.6 Å². The topological polar surface area (TPSA) is 30.0 Å². The van der Waals surface area contributed by atoms with Gasteiger partial charge in [-0.1, -0.05) is 146 Å². The largest absolute Gasteiger partial charge is 0.310 e. The summed E-state index contributed by atoms with van der Waals surface area (Å²) in [5.74, 6) is -0.120. The van der Waals surface area contributed by atoms with E-state index in [1.54, 1.807) is 0 Å². The molecule has 0 saturated carbocycles. The predicted octanol–water partition coefficient (Wildman–Crippen LogP) is 16.8. The Balaban J connectivity index is 1.23. The lowest BCUT2D eigenvalue weighted by atomic mass is 9.98. The number of hydrogen-bond acceptors (Lipinski definition) is 5. The summed E-state index contributed by atoms with van der Waals surface area (Å²) in [7, 11) is 0. The minimum absolute atomic E-state index is 0.120. The number of anilines is 12. The molecule has 316 valence electrons. The van der Waals surface area contributed by atoms with Crippen molar-refractivity contribution in [3.8, 4) is 0 Å². The standard InChI is InChI=1S/C61H46N4O/c66-61(47-41-57(62(49-25-9-1-10-26-49)50-27-11-2-12-28-50)45-58(42-47)63(51-29-13-3-14-30-51)52-31-15-4-16-32-52)48-43-59(64(53-33-17-5-18-34-53)54-35-19-6-20-36-54)46-60(44-48)65(55-37-21-7-22-38-55)56-39-23-8-24-40-56/h1-46H. The molecule has 0 unspecified atom stereocenters. The highest BCUT2D eigenvalue weighted by molar-refractivity contribution is 6.12. The van der Waals surface area contributed by atoms with Gasteiger partial charge in [-0.3, -0.25) is 4.79 Å². The molecule has 0 fully saturated rings. The second-order valence-corrected chi connectivity index (χ2v) is 15.8. The fourth-order valence-electron chi connectivity index (χ4n) is 8.54. The molecule has 0 N–H and O–H groups in total. The number of para-hydroxylation sites is 8. The smallest absolute Gasteiger partial charge is 0.193 e. The van der Waals surface area contributed by atoms with Gasteiger partial charge in [0, 0.05) is 79.4 Å². The number of ketones is 1. The van der Waals surface area contributed by atoms with E-state index >= 15 is 4.79 Å². The van der Waals surface area contributed by atoms with Crippen molar-refractivity contribution in [3.05, 3.63) is 290 Å². The van der Waals surface area contributed by atoms with Crippen molar-refractivity contribution in [2.45, 2.75) is 0 Å². The molecule has 0 spiro atoms. The maximum absolute atomic E-state index is 16.0. The lowest BCUT2D eigenvalue weighted by molar-refractivity contribution is 0.103. The number of carbonyl (C=O) groups is 1. The highest BCUT2D eigenvalue weighted by Gasteiger charge is 2.24. The van der Waals surface area contributed by atoms with E-state index in [1.165, 1.54) is 0 Å². The SMILES string of the molecule is O=C(c1cc(N(c2ccccc2)c2ccccc2)cc(N(c2ccccc2)c2ccccc2)c1)c1cc(N(c2ccccc2)c2ccccc2)cc(N(c2ccccc2)c2ccccc2)c1. The highest BCUT2D eigenvalue weighted by atomic mass is 16.1. The maximum atomic E-state index is 16.0. The van der Waals surface area contributed by atoms with Crippen LogP contribution in [0.4, 0.5) is 68.2 Å². The van der Waals surface area contributed by atoms with Gasteiger partial charge >= 0.3 is 0 Å². The Morgan fingerprint density at radius 1 is 0.197 bits per heavy atom. The third kappa shape index (κ3) is 8.82. The first-order valence-corrected chi connectivity index (χ1v) is 22.1. The fourth-order valence-corrected chi connectivity index (χ4v) is 8.54. The van der Waals surface area contributed by atoms with E-state index < -0.39 is 0 Å². The van der Waals surface area contributed by atoms with E-state index in [1.807, 2.05) is 170 Å². The van der Waals surface area contributed by atoms with Gasteiger partial charge in [0.25, 0.3) is 0 Å². The Morgan fingerprint density at radius 2 is 0.348 bits per heavy atom. The molecule has 0 aliphatic rings. The lowest BCUT2D eigenvalue weighted by Gasteiger charge is -2.31. The molecule has 10 aromatic rings. The van der Waals surface area contributed by atoms with E-state index in [2.05, 4.69) is 129 Å². The minimum atomic E-state index is -0.120. The Bertz CT molecular complexity index is 2560. The third-order valence-electron chi connectivity index (χ3n) is 11.5. The van der Waals surface area contributed by atoms with Crippen LogP contribution in [0.1, 0.15) is 15.9 Å². The predicted molar refractivity (Wildman–Crippen MR) is 275 cm³/mol. The number of nitrogens with zero attached hydrogens (tertiary/aromatic N) is 4. The first-order valence-electron chi connectivity index (χ1n) is 22.1. The number of rotatable bonds is 14. The highest BCUT2D eigenvalue weighted by Crippen LogP contribution is 2.44. The van der Waals surface area contributed by atoms with Crippen molar-refractivity contribution in [2.24, 2.45) is 0 Å². The molecule has 0 aromatic heterocycles. The molecule has 5 heteroatoms. The molecular formula is C61H46N4O. The zero-order valence-electron chi connectivity index (χ0n) is 36.3. The van der Waals surface area contributed by atoms with Gasteiger partial charge in [-0.05, 0) is 133 Å². The van der Waals surface area contributed by atoms with Crippen LogP contribution < -0.4 is 19.6 Å². The van der Waals surface area contributed by atoms with Gasteiger partial charge in [0.2, 0.25) is 0 Å². The molecule has 0 saturated heterocycles. The Kier molecular flexibility index (Phi) is 12.0. The quantitative estimate of drug-likeness (QED) is 0.102. The molecule has 66 heavy (non-hydrogen) atoms. The molecule has 0 aliphatic carbocycles. The van der Waals surface area contributed by atoms with Crippen LogP contribution in [0, 0.1) is 0 Å². The van der Waals surface area contributed by atoms with Crippen molar-refractivity contribution < 1.29 is 4.79 Å². The first-order chi connectivity index (χ1) is 32.7. The zero-order chi connectivity index (χ0) is 44.5. The molecule has 0 radical (unpaired) electrons.